The van der Waals surface area contributed by atoms with Gasteiger partial charge in [-0.2, -0.15) is 0 Å². The number of amides is 1. The standard InChI is InChI=1S/C19H16FN5O2S/c1-2-27-11-7-8-14-12(9-11)17-18(22-14)23-19(25-24-17)28-10-16(26)21-15-6-4-3-5-13(15)20/h3-9H,2,10H2,1H3,(H,21,26)(H,22,23,25). The molecule has 0 aliphatic heterocycles. The van der Waals surface area contributed by atoms with Gasteiger partial charge in [0.2, 0.25) is 11.1 Å². The van der Waals surface area contributed by atoms with Gasteiger partial charge in [0.15, 0.2) is 5.65 Å². The Hall–Kier alpha value is -3.20. The Morgan fingerprint density at radius 1 is 1.25 bits per heavy atom. The average Bonchev–Trinajstić information content (AvgIpc) is 3.05. The van der Waals surface area contributed by atoms with Crippen molar-refractivity contribution in [2.75, 3.05) is 17.7 Å². The molecule has 2 aromatic heterocycles. The molecule has 142 valence electrons. The van der Waals surface area contributed by atoms with E-state index >= 15 is 0 Å². The fourth-order valence-electron chi connectivity index (χ4n) is 2.73. The van der Waals surface area contributed by atoms with Crippen LogP contribution in [0.2, 0.25) is 0 Å². The molecule has 4 aromatic rings. The number of anilines is 1. The van der Waals surface area contributed by atoms with Crippen LogP contribution in [0.15, 0.2) is 47.6 Å². The van der Waals surface area contributed by atoms with Crippen LogP contribution in [0.5, 0.6) is 5.75 Å². The van der Waals surface area contributed by atoms with Gasteiger partial charge in [0.25, 0.3) is 0 Å². The number of H-pyrrole nitrogens is 1. The molecule has 1 amide bonds. The summed E-state index contributed by atoms with van der Waals surface area (Å²) < 4.78 is 19.1. The van der Waals surface area contributed by atoms with Crippen LogP contribution in [0, 0.1) is 5.82 Å². The summed E-state index contributed by atoms with van der Waals surface area (Å²) in [4.78, 5) is 19.7. The fraction of sp³-hybridized carbons (Fsp3) is 0.158. The number of nitrogens with zero attached hydrogens (tertiary/aromatic N) is 3. The Labute approximate surface area is 163 Å². The summed E-state index contributed by atoms with van der Waals surface area (Å²) in [5.74, 6) is -0.0431. The van der Waals surface area contributed by atoms with Gasteiger partial charge in [0.05, 0.1) is 18.0 Å². The van der Waals surface area contributed by atoms with Gasteiger partial charge in [-0.25, -0.2) is 9.37 Å². The van der Waals surface area contributed by atoms with Gasteiger partial charge < -0.3 is 15.0 Å². The number of hydrogen-bond acceptors (Lipinski definition) is 6. The van der Waals surface area contributed by atoms with Crippen molar-refractivity contribution in [2.45, 2.75) is 12.1 Å². The number of aromatic nitrogens is 4. The van der Waals surface area contributed by atoms with Crippen LogP contribution in [-0.2, 0) is 4.79 Å². The van der Waals surface area contributed by atoms with Crippen LogP contribution >= 0.6 is 11.8 Å². The molecule has 7 nitrogen and oxygen atoms in total. The zero-order valence-electron chi connectivity index (χ0n) is 14.9. The topological polar surface area (TPSA) is 92.8 Å². The summed E-state index contributed by atoms with van der Waals surface area (Å²) in [6.45, 7) is 2.50. The lowest BCUT2D eigenvalue weighted by Gasteiger charge is -2.05. The molecule has 0 bridgehead atoms. The normalized spacial score (nSPS) is 11.1. The molecule has 9 heteroatoms. The Morgan fingerprint density at radius 2 is 2.11 bits per heavy atom. The van der Waals surface area contributed by atoms with Crippen LogP contribution in [0.3, 0.4) is 0 Å². The van der Waals surface area contributed by atoms with E-state index in [1.807, 2.05) is 25.1 Å². The van der Waals surface area contributed by atoms with Crippen LogP contribution in [0.25, 0.3) is 22.1 Å². The molecule has 0 atom stereocenters. The smallest absolute Gasteiger partial charge is 0.234 e. The van der Waals surface area contributed by atoms with Gasteiger partial charge in [-0.05, 0) is 37.3 Å². The SMILES string of the molecule is CCOc1ccc2[nH]c3nc(SCC(=O)Nc4ccccc4F)nnc3c2c1. The summed E-state index contributed by atoms with van der Waals surface area (Å²) in [7, 11) is 0. The third-order valence-electron chi connectivity index (χ3n) is 3.96. The zero-order valence-corrected chi connectivity index (χ0v) is 15.7. The number of benzene rings is 2. The molecule has 4 rings (SSSR count). The van der Waals surface area contributed by atoms with E-state index in [-0.39, 0.29) is 17.3 Å². The molecule has 0 saturated heterocycles. The van der Waals surface area contributed by atoms with Crippen LogP contribution in [-0.4, -0.2) is 38.4 Å². The van der Waals surface area contributed by atoms with Gasteiger partial charge in [-0.1, -0.05) is 23.9 Å². The molecule has 2 aromatic carbocycles. The van der Waals surface area contributed by atoms with Gasteiger partial charge in [-0.3, -0.25) is 4.79 Å². The van der Waals surface area contributed by atoms with Crippen molar-refractivity contribution in [3.63, 3.8) is 0 Å². The molecule has 28 heavy (non-hydrogen) atoms. The van der Waals surface area contributed by atoms with Crippen molar-refractivity contribution in [3.8, 4) is 5.75 Å². The van der Waals surface area contributed by atoms with E-state index in [0.717, 1.165) is 28.4 Å². The van der Waals surface area contributed by atoms with Crippen LogP contribution < -0.4 is 10.1 Å². The van der Waals surface area contributed by atoms with E-state index in [1.54, 1.807) is 12.1 Å². The quantitative estimate of drug-likeness (QED) is 0.481. The highest BCUT2D eigenvalue weighted by Crippen LogP contribution is 2.27. The van der Waals surface area contributed by atoms with Crippen molar-refractivity contribution in [1.82, 2.24) is 20.2 Å². The van der Waals surface area contributed by atoms with Crippen LogP contribution in [0.4, 0.5) is 10.1 Å². The lowest BCUT2D eigenvalue weighted by atomic mass is 10.2. The number of thioether (sulfide) groups is 1. The van der Waals surface area contributed by atoms with Crippen molar-refractivity contribution in [3.05, 3.63) is 48.3 Å². The second kappa shape index (κ2) is 7.81. The van der Waals surface area contributed by atoms with Gasteiger partial charge in [0.1, 0.15) is 17.1 Å². The summed E-state index contributed by atoms with van der Waals surface area (Å²) in [5, 5.41) is 12.1. The Morgan fingerprint density at radius 3 is 2.93 bits per heavy atom. The lowest BCUT2D eigenvalue weighted by molar-refractivity contribution is -0.113. The molecule has 0 aliphatic rings. The summed E-state index contributed by atoms with van der Waals surface area (Å²) in [6, 6.07) is 11.7. The highest BCUT2D eigenvalue weighted by molar-refractivity contribution is 7.99. The number of carbonyl (C=O) groups excluding carboxylic acids is 1. The first-order chi connectivity index (χ1) is 13.6. The summed E-state index contributed by atoms with van der Waals surface area (Å²) in [5.41, 5.74) is 2.23. The largest absolute Gasteiger partial charge is 0.494 e. The minimum Gasteiger partial charge on any atom is -0.494 e. The second-order valence-electron chi connectivity index (χ2n) is 5.87. The van der Waals surface area contributed by atoms with E-state index in [9.17, 15) is 9.18 Å². The number of nitrogens with one attached hydrogen (secondary N) is 2. The van der Waals surface area contributed by atoms with Crippen molar-refractivity contribution in [2.24, 2.45) is 0 Å². The van der Waals surface area contributed by atoms with Crippen molar-refractivity contribution < 1.29 is 13.9 Å². The van der Waals surface area contributed by atoms with Gasteiger partial charge in [-0.15, -0.1) is 10.2 Å². The highest BCUT2D eigenvalue weighted by atomic mass is 32.2. The Kier molecular flexibility index (Phi) is 5.07. The van der Waals surface area contributed by atoms with Crippen molar-refractivity contribution in [1.29, 1.82) is 0 Å². The molecule has 0 saturated carbocycles. The van der Waals surface area contributed by atoms with Crippen molar-refractivity contribution >= 4 is 45.4 Å². The first-order valence-electron chi connectivity index (χ1n) is 8.60. The van der Waals surface area contributed by atoms with Gasteiger partial charge >= 0.3 is 0 Å². The first-order valence-corrected chi connectivity index (χ1v) is 9.58. The number of ether oxygens (including phenoxy) is 1. The monoisotopic (exact) mass is 397 g/mol. The Bertz CT molecular complexity index is 1160. The minimum atomic E-state index is -0.482. The zero-order chi connectivity index (χ0) is 19.5. The maximum atomic E-state index is 13.6. The third-order valence-corrected chi connectivity index (χ3v) is 4.80. The molecule has 0 aliphatic carbocycles. The number of carbonyl (C=O) groups is 1. The van der Waals surface area contributed by atoms with E-state index in [2.05, 4.69) is 25.5 Å². The number of aromatic amines is 1. The maximum Gasteiger partial charge on any atom is 0.234 e. The summed E-state index contributed by atoms with van der Waals surface area (Å²) in [6.07, 6.45) is 0. The number of rotatable bonds is 6. The third kappa shape index (κ3) is 3.74. The molecular formula is C19H16FN5O2S. The van der Waals surface area contributed by atoms with Crippen LogP contribution in [0.1, 0.15) is 6.92 Å². The van der Waals surface area contributed by atoms with E-state index in [4.69, 9.17) is 4.74 Å². The minimum absolute atomic E-state index is 0.0379. The lowest BCUT2D eigenvalue weighted by Crippen LogP contribution is -2.15. The molecule has 0 unspecified atom stereocenters. The number of halogens is 1. The maximum absolute atomic E-state index is 13.6. The first kappa shape index (κ1) is 18.2. The molecule has 0 spiro atoms. The van der Waals surface area contributed by atoms with E-state index < -0.39 is 5.82 Å². The second-order valence-corrected chi connectivity index (χ2v) is 6.82. The van der Waals surface area contributed by atoms with Gasteiger partial charge in [0, 0.05) is 10.9 Å². The molecule has 0 radical (unpaired) electrons. The average molecular weight is 397 g/mol. The molecule has 2 heterocycles. The number of hydrogen-bond donors (Lipinski definition) is 2. The highest BCUT2D eigenvalue weighted by Gasteiger charge is 2.12. The predicted octanol–water partition coefficient (Wildman–Crippen LogP) is 3.77. The van der Waals surface area contributed by atoms with E-state index in [0.29, 0.717) is 22.9 Å². The number of para-hydroxylation sites is 1. The predicted molar refractivity (Wildman–Crippen MR) is 106 cm³/mol. The van der Waals surface area contributed by atoms with E-state index in [1.165, 1.54) is 12.1 Å². The summed E-state index contributed by atoms with van der Waals surface area (Å²) >= 11 is 1.13. The molecule has 0 fully saturated rings. The molecule has 2 N–H and O–H groups in total. The fourth-order valence-corrected chi connectivity index (χ4v) is 3.32. The molecular weight excluding hydrogens is 381 g/mol. The Balaban J connectivity index is 1.49. The number of fused-ring (bicyclic) bond motifs is 3.